The Morgan fingerprint density at radius 1 is 1.03 bits per heavy atom. The number of likely N-dealkylation sites (tertiary alicyclic amines) is 1. The van der Waals surface area contributed by atoms with Gasteiger partial charge in [0, 0.05) is 19.2 Å². The first-order chi connectivity index (χ1) is 15.8. The number of sulfonamides is 1. The first-order valence-electron chi connectivity index (χ1n) is 11.3. The fourth-order valence-corrected chi connectivity index (χ4v) is 5.44. The summed E-state index contributed by atoms with van der Waals surface area (Å²) < 4.78 is 37.3. The second kappa shape index (κ2) is 10.0. The maximum Gasteiger partial charge on any atom is 0.243 e. The Kier molecular flexibility index (Phi) is 7.09. The smallest absolute Gasteiger partial charge is 0.243 e. The number of nitrogens with zero attached hydrogens (tertiary/aromatic N) is 2. The summed E-state index contributed by atoms with van der Waals surface area (Å²) in [7, 11) is -3.72. The minimum absolute atomic E-state index is 0.325. The van der Waals surface area contributed by atoms with Gasteiger partial charge >= 0.3 is 0 Å². The molecule has 2 aromatic carbocycles. The molecule has 4 rings (SSSR count). The molecule has 8 nitrogen and oxygen atoms in total. The summed E-state index contributed by atoms with van der Waals surface area (Å²) in [5.74, 6) is 0.647. The highest BCUT2D eigenvalue weighted by molar-refractivity contribution is 7.92. The van der Waals surface area contributed by atoms with Gasteiger partial charge in [0.25, 0.3) is 0 Å². The van der Waals surface area contributed by atoms with Crippen LogP contribution >= 0.6 is 0 Å². The van der Waals surface area contributed by atoms with Crippen molar-refractivity contribution >= 4 is 21.6 Å². The zero-order valence-corrected chi connectivity index (χ0v) is 19.9. The Morgan fingerprint density at radius 3 is 2.33 bits per heavy atom. The normalized spacial score (nSPS) is 16.9. The number of fused-ring (bicyclic) bond motifs is 1. The highest BCUT2D eigenvalue weighted by Gasteiger charge is 2.30. The molecule has 1 saturated heterocycles. The van der Waals surface area contributed by atoms with E-state index in [1.807, 2.05) is 12.1 Å². The molecule has 0 radical (unpaired) electrons. The lowest BCUT2D eigenvalue weighted by Crippen LogP contribution is -2.47. The summed E-state index contributed by atoms with van der Waals surface area (Å²) in [5, 5.41) is 2.86. The van der Waals surface area contributed by atoms with Gasteiger partial charge in [0.15, 0.2) is 11.5 Å². The van der Waals surface area contributed by atoms with E-state index in [4.69, 9.17) is 9.47 Å². The lowest BCUT2D eigenvalue weighted by Gasteiger charge is -2.29. The molecule has 0 saturated carbocycles. The van der Waals surface area contributed by atoms with E-state index in [0.717, 1.165) is 35.8 Å². The monoisotopic (exact) mass is 473 g/mol. The van der Waals surface area contributed by atoms with Gasteiger partial charge in [0.05, 0.1) is 11.9 Å². The van der Waals surface area contributed by atoms with Gasteiger partial charge in [-0.2, -0.15) is 0 Å². The molecule has 2 aliphatic heterocycles. The van der Waals surface area contributed by atoms with Gasteiger partial charge in [-0.15, -0.1) is 0 Å². The number of benzene rings is 2. The van der Waals surface area contributed by atoms with Crippen LogP contribution in [0.4, 0.5) is 5.69 Å². The molecule has 2 aliphatic rings. The van der Waals surface area contributed by atoms with E-state index in [2.05, 4.69) is 22.3 Å². The van der Waals surface area contributed by atoms with Crippen molar-refractivity contribution in [2.24, 2.45) is 0 Å². The maximum absolute atomic E-state index is 12.9. The second-order valence-corrected chi connectivity index (χ2v) is 10.4. The second-order valence-electron chi connectivity index (χ2n) is 8.58. The number of hydrogen-bond acceptors (Lipinski definition) is 6. The van der Waals surface area contributed by atoms with Crippen molar-refractivity contribution in [1.82, 2.24) is 10.2 Å². The third kappa shape index (κ3) is 5.78. The Bertz CT molecular complexity index is 1080. The number of rotatable bonds is 8. The van der Waals surface area contributed by atoms with Gasteiger partial charge in [0.1, 0.15) is 19.3 Å². The zero-order chi connectivity index (χ0) is 23.4. The lowest BCUT2D eigenvalue weighted by molar-refractivity contribution is -0.122. The molecule has 0 unspecified atom stereocenters. The number of carbonyl (C=O) groups is 1. The van der Waals surface area contributed by atoms with Crippen LogP contribution in [0.5, 0.6) is 11.5 Å². The van der Waals surface area contributed by atoms with Crippen LogP contribution in [0.1, 0.15) is 30.9 Å². The fraction of sp³-hybridized carbons (Fsp3) is 0.458. The Morgan fingerprint density at radius 2 is 1.67 bits per heavy atom. The van der Waals surface area contributed by atoms with Crippen LogP contribution in [-0.4, -0.2) is 57.8 Å². The molecule has 0 aliphatic carbocycles. The molecule has 0 bridgehead atoms. The molecule has 2 aromatic rings. The summed E-state index contributed by atoms with van der Waals surface area (Å²) in [5.41, 5.74) is 2.57. The Balaban J connectivity index is 1.40. The van der Waals surface area contributed by atoms with Crippen molar-refractivity contribution in [2.45, 2.75) is 38.9 Å². The molecule has 9 heteroatoms. The first kappa shape index (κ1) is 23.4. The van der Waals surface area contributed by atoms with E-state index in [9.17, 15) is 13.2 Å². The van der Waals surface area contributed by atoms with Crippen molar-refractivity contribution in [3.8, 4) is 11.5 Å². The number of carbonyl (C=O) groups excluding carboxylic acids is 1. The minimum Gasteiger partial charge on any atom is -0.486 e. The molecular weight excluding hydrogens is 442 g/mol. The third-order valence-corrected chi connectivity index (χ3v) is 7.20. The van der Waals surface area contributed by atoms with Gasteiger partial charge in [-0.1, -0.05) is 24.3 Å². The first-order valence-corrected chi connectivity index (χ1v) is 13.1. The summed E-state index contributed by atoms with van der Waals surface area (Å²) in [6.07, 6.45) is 3.62. The average Bonchev–Trinajstić information content (AvgIpc) is 3.30. The van der Waals surface area contributed by atoms with Crippen LogP contribution in [0.3, 0.4) is 0 Å². The average molecular weight is 474 g/mol. The van der Waals surface area contributed by atoms with E-state index >= 15 is 0 Å². The topological polar surface area (TPSA) is 88.2 Å². The quantitative estimate of drug-likeness (QED) is 0.634. The molecule has 0 spiro atoms. The maximum atomic E-state index is 12.9. The van der Waals surface area contributed by atoms with Gasteiger partial charge in [-0.3, -0.25) is 14.0 Å². The van der Waals surface area contributed by atoms with Crippen LogP contribution < -0.4 is 19.1 Å². The van der Waals surface area contributed by atoms with Gasteiger partial charge in [0.2, 0.25) is 15.9 Å². The zero-order valence-electron chi connectivity index (χ0n) is 19.1. The molecule has 1 amide bonds. The number of hydrogen-bond donors (Lipinski definition) is 1. The van der Waals surface area contributed by atoms with Crippen molar-refractivity contribution in [3.63, 3.8) is 0 Å². The lowest BCUT2D eigenvalue weighted by atomic mass is 10.1. The fourth-order valence-electron chi connectivity index (χ4n) is 4.28. The predicted octanol–water partition coefficient (Wildman–Crippen LogP) is 2.52. The van der Waals surface area contributed by atoms with E-state index in [0.29, 0.717) is 36.9 Å². The van der Waals surface area contributed by atoms with E-state index in [-0.39, 0.29) is 5.91 Å². The van der Waals surface area contributed by atoms with Gasteiger partial charge in [-0.05, 0) is 56.1 Å². The Hall–Kier alpha value is -2.78. The minimum atomic E-state index is -3.72. The van der Waals surface area contributed by atoms with Crippen LogP contribution in [-0.2, 0) is 27.9 Å². The summed E-state index contributed by atoms with van der Waals surface area (Å²) in [4.78, 5) is 15.3. The van der Waals surface area contributed by atoms with Crippen molar-refractivity contribution < 1.29 is 22.7 Å². The van der Waals surface area contributed by atoms with Crippen molar-refractivity contribution in [2.75, 3.05) is 36.9 Å². The standard InChI is InChI=1S/C24H31N3O5S/c1-18(27(33(2,29)30)21-9-10-22-23(15-21)32-14-13-31-22)24(28)25-16-19-5-7-20(8-6-19)17-26-11-3-4-12-26/h5-10,15,18H,3-4,11-14,16-17H2,1-2H3,(H,25,28)/t18-/m0/s1. The van der Waals surface area contributed by atoms with Crippen LogP contribution in [0.2, 0.25) is 0 Å². The molecule has 33 heavy (non-hydrogen) atoms. The van der Waals surface area contributed by atoms with Crippen LogP contribution in [0, 0.1) is 0 Å². The molecule has 1 N–H and O–H groups in total. The predicted molar refractivity (Wildman–Crippen MR) is 127 cm³/mol. The van der Waals surface area contributed by atoms with Crippen LogP contribution in [0.25, 0.3) is 0 Å². The molecule has 178 valence electrons. The summed E-state index contributed by atoms with van der Waals surface area (Å²) in [6, 6.07) is 12.1. The number of nitrogens with one attached hydrogen (secondary N) is 1. The largest absolute Gasteiger partial charge is 0.486 e. The molecule has 0 aromatic heterocycles. The SMILES string of the molecule is C[C@@H](C(=O)NCc1ccc(CN2CCCC2)cc1)N(c1ccc2c(c1)OCCO2)S(C)(=O)=O. The number of ether oxygens (including phenoxy) is 2. The van der Waals surface area contributed by atoms with E-state index < -0.39 is 16.1 Å². The molecule has 1 fully saturated rings. The Labute approximate surface area is 195 Å². The van der Waals surface area contributed by atoms with Crippen molar-refractivity contribution in [1.29, 1.82) is 0 Å². The van der Waals surface area contributed by atoms with E-state index in [1.165, 1.54) is 18.4 Å². The van der Waals surface area contributed by atoms with Crippen molar-refractivity contribution in [3.05, 3.63) is 53.6 Å². The van der Waals surface area contributed by atoms with E-state index in [1.54, 1.807) is 25.1 Å². The summed E-state index contributed by atoms with van der Waals surface area (Å²) >= 11 is 0. The van der Waals surface area contributed by atoms with Gasteiger partial charge < -0.3 is 14.8 Å². The number of anilines is 1. The molecular formula is C24H31N3O5S. The highest BCUT2D eigenvalue weighted by atomic mass is 32.2. The number of amides is 1. The third-order valence-electron chi connectivity index (χ3n) is 5.96. The summed E-state index contributed by atoms with van der Waals surface area (Å²) in [6.45, 7) is 5.98. The van der Waals surface area contributed by atoms with Crippen LogP contribution in [0.15, 0.2) is 42.5 Å². The van der Waals surface area contributed by atoms with Gasteiger partial charge in [-0.25, -0.2) is 8.42 Å². The molecule has 2 heterocycles. The highest BCUT2D eigenvalue weighted by Crippen LogP contribution is 2.35. The molecule has 1 atom stereocenters.